The van der Waals surface area contributed by atoms with Gasteiger partial charge in [-0.05, 0) is 96.3 Å². The first-order valence-corrected chi connectivity index (χ1v) is 29.3. The molecule has 0 heterocycles. The number of aliphatic hydroxyl groups excluding tert-OH is 2. The van der Waals surface area contributed by atoms with Crippen LogP contribution in [0.3, 0.4) is 0 Å². The standard InChI is InChI=1S/C63H111NO5/c1-4-7-10-13-16-19-22-25-28-30-31-33-35-38-41-44-47-50-53-56-63(68)69-59(54-51-48-45-42-39-36-34-32-29-26-23-20-17-14-11-8-5-2)57-62(67)64-60(58-65)61(66)55-52-49-46-43-40-37-27-24-21-18-15-12-9-6-3/h8,11,16-17,19-20,25-26,28-29,34,36,42,45,59-61,65-66H,4-7,9-10,12-15,18,21-24,27,30-33,35,37-41,43-44,46-58H2,1-3H3,(H,64,67)/b11-8-,19-16-,20-17-,28-25-,29-26-,36-34-,45-42-. The van der Waals surface area contributed by atoms with Gasteiger partial charge in [-0.25, -0.2) is 0 Å². The summed E-state index contributed by atoms with van der Waals surface area (Å²) in [4.78, 5) is 26.3. The Morgan fingerprint density at radius 1 is 0.435 bits per heavy atom. The number of rotatable bonds is 52. The largest absolute Gasteiger partial charge is 0.462 e. The van der Waals surface area contributed by atoms with E-state index in [1.165, 1.54) is 141 Å². The molecule has 0 rings (SSSR count). The zero-order chi connectivity index (χ0) is 50.2. The predicted molar refractivity (Wildman–Crippen MR) is 301 cm³/mol. The molecule has 0 aromatic carbocycles. The summed E-state index contributed by atoms with van der Waals surface area (Å²) >= 11 is 0. The highest BCUT2D eigenvalue weighted by Crippen LogP contribution is 2.17. The summed E-state index contributed by atoms with van der Waals surface area (Å²) < 4.78 is 5.94. The van der Waals surface area contributed by atoms with Crippen molar-refractivity contribution in [3.05, 3.63) is 85.1 Å². The third-order valence-corrected chi connectivity index (χ3v) is 13.0. The third kappa shape index (κ3) is 51.2. The summed E-state index contributed by atoms with van der Waals surface area (Å²) in [5.41, 5.74) is 0. The van der Waals surface area contributed by atoms with Crippen LogP contribution in [0.15, 0.2) is 85.1 Å². The monoisotopic (exact) mass is 962 g/mol. The fourth-order valence-electron chi connectivity index (χ4n) is 8.55. The minimum absolute atomic E-state index is 0.0340. The Bertz CT molecular complexity index is 1310. The molecule has 0 spiro atoms. The van der Waals surface area contributed by atoms with E-state index in [-0.39, 0.29) is 24.9 Å². The number of hydrogen-bond donors (Lipinski definition) is 3. The molecule has 0 aromatic rings. The van der Waals surface area contributed by atoms with E-state index in [0.717, 1.165) is 89.9 Å². The molecule has 1 amide bonds. The zero-order valence-corrected chi connectivity index (χ0v) is 45.4. The Labute approximate surface area is 427 Å². The molecule has 398 valence electrons. The molecule has 0 saturated heterocycles. The molecule has 0 aliphatic rings. The summed E-state index contributed by atoms with van der Waals surface area (Å²) in [6, 6.07) is -0.725. The van der Waals surface area contributed by atoms with Crippen LogP contribution in [0.25, 0.3) is 0 Å². The number of aliphatic hydroxyl groups is 2. The third-order valence-electron chi connectivity index (χ3n) is 13.0. The summed E-state index contributed by atoms with van der Waals surface area (Å²) in [7, 11) is 0. The number of allylic oxidation sites excluding steroid dienone is 14. The van der Waals surface area contributed by atoms with Crippen LogP contribution < -0.4 is 5.32 Å². The minimum Gasteiger partial charge on any atom is -0.462 e. The van der Waals surface area contributed by atoms with Crippen molar-refractivity contribution >= 4 is 11.9 Å². The van der Waals surface area contributed by atoms with Gasteiger partial charge in [0.25, 0.3) is 0 Å². The number of hydrogen-bond acceptors (Lipinski definition) is 5. The minimum atomic E-state index is -0.808. The van der Waals surface area contributed by atoms with Crippen LogP contribution in [0.4, 0.5) is 0 Å². The normalized spacial score (nSPS) is 13.8. The molecule has 0 fully saturated rings. The van der Waals surface area contributed by atoms with Crippen LogP contribution in [-0.4, -0.2) is 46.9 Å². The second-order valence-corrected chi connectivity index (χ2v) is 19.7. The molecule has 3 N–H and O–H groups in total. The quantitative estimate of drug-likeness (QED) is 0.0321. The Hall–Kier alpha value is -2.96. The predicted octanol–water partition coefficient (Wildman–Crippen LogP) is 18.3. The molecule has 3 unspecified atom stereocenters. The Morgan fingerprint density at radius 2 is 0.797 bits per heavy atom. The van der Waals surface area contributed by atoms with E-state index >= 15 is 0 Å². The molecule has 3 atom stereocenters. The summed E-state index contributed by atoms with van der Waals surface area (Å²) in [6.07, 6.45) is 73.6. The number of esters is 1. The van der Waals surface area contributed by atoms with Gasteiger partial charge in [-0.1, -0.05) is 254 Å². The number of ether oxygens (including phenoxy) is 1. The average molecular weight is 963 g/mol. The van der Waals surface area contributed by atoms with Gasteiger partial charge in [0, 0.05) is 6.42 Å². The van der Waals surface area contributed by atoms with Crippen molar-refractivity contribution in [3.8, 4) is 0 Å². The van der Waals surface area contributed by atoms with E-state index in [1.807, 2.05) is 0 Å². The summed E-state index contributed by atoms with van der Waals surface area (Å²) in [5.74, 6) is -0.532. The van der Waals surface area contributed by atoms with Crippen molar-refractivity contribution in [3.63, 3.8) is 0 Å². The fourth-order valence-corrected chi connectivity index (χ4v) is 8.55. The van der Waals surface area contributed by atoms with Gasteiger partial charge in [-0.3, -0.25) is 9.59 Å². The molecule has 69 heavy (non-hydrogen) atoms. The van der Waals surface area contributed by atoms with E-state index < -0.39 is 18.2 Å². The number of amides is 1. The molecule has 0 aliphatic carbocycles. The maximum absolute atomic E-state index is 13.3. The highest BCUT2D eigenvalue weighted by molar-refractivity contribution is 5.77. The average Bonchev–Trinajstić information content (AvgIpc) is 3.34. The van der Waals surface area contributed by atoms with E-state index in [9.17, 15) is 19.8 Å². The van der Waals surface area contributed by atoms with Crippen LogP contribution in [0, 0.1) is 0 Å². The lowest BCUT2D eigenvalue weighted by Gasteiger charge is -2.24. The van der Waals surface area contributed by atoms with Gasteiger partial charge in [0.2, 0.25) is 5.91 Å². The molecular formula is C63H111NO5. The highest BCUT2D eigenvalue weighted by Gasteiger charge is 2.24. The zero-order valence-electron chi connectivity index (χ0n) is 45.4. The molecule has 6 nitrogen and oxygen atoms in total. The van der Waals surface area contributed by atoms with Crippen LogP contribution >= 0.6 is 0 Å². The summed E-state index contributed by atoms with van der Waals surface area (Å²) in [5, 5.41) is 23.9. The van der Waals surface area contributed by atoms with Gasteiger partial charge in [-0.15, -0.1) is 0 Å². The van der Waals surface area contributed by atoms with Crippen molar-refractivity contribution in [1.82, 2.24) is 5.32 Å². The van der Waals surface area contributed by atoms with Crippen molar-refractivity contribution in [2.45, 2.75) is 296 Å². The van der Waals surface area contributed by atoms with Gasteiger partial charge in [-0.2, -0.15) is 0 Å². The number of unbranched alkanes of at least 4 members (excludes halogenated alkanes) is 26. The van der Waals surface area contributed by atoms with E-state index in [4.69, 9.17) is 4.74 Å². The van der Waals surface area contributed by atoms with E-state index in [0.29, 0.717) is 19.3 Å². The first-order chi connectivity index (χ1) is 34.0. The van der Waals surface area contributed by atoms with Gasteiger partial charge < -0.3 is 20.3 Å². The molecule has 0 aromatic heterocycles. The maximum Gasteiger partial charge on any atom is 0.306 e. The van der Waals surface area contributed by atoms with Crippen LogP contribution in [0.1, 0.15) is 278 Å². The van der Waals surface area contributed by atoms with Crippen molar-refractivity contribution in [2.24, 2.45) is 0 Å². The van der Waals surface area contributed by atoms with Crippen molar-refractivity contribution < 1.29 is 24.5 Å². The topological polar surface area (TPSA) is 95.9 Å². The SMILES string of the molecule is CC/C=C\C/C=C\C/C=C\C/C=C\C/C=C\CCCC(CC(=O)NC(CO)C(O)CCCCCCCCCCCCCCCC)OC(=O)CCCCCCCCCCC/C=C\C/C=C\CCCCC. The van der Waals surface area contributed by atoms with E-state index in [2.05, 4.69) is 111 Å². The second-order valence-electron chi connectivity index (χ2n) is 19.7. The van der Waals surface area contributed by atoms with E-state index in [1.54, 1.807) is 0 Å². The molecule has 6 heteroatoms. The van der Waals surface area contributed by atoms with Crippen molar-refractivity contribution in [2.75, 3.05) is 6.61 Å². The Balaban J connectivity index is 4.66. The Kier molecular flexibility index (Phi) is 53.6. The van der Waals surface area contributed by atoms with Gasteiger partial charge in [0.05, 0.1) is 25.2 Å². The first kappa shape index (κ1) is 66.0. The van der Waals surface area contributed by atoms with Crippen molar-refractivity contribution in [1.29, 1.82) is 0 Å². The first-order valence-electron chi connectivity index (χ1n) is 29.3. The van der Waals surface area contributed by atoms with Crippen LogP contribution in [0.5, 0.6) is 0 Å². The lowest BCUT2D eigenvalue weighted by Crippen LogP contribution is -2.46. The molecular weight excluding hydrogens is 851 g/mol. The molecule has 0 aliphatic heterocycles. The number of carbonyl (C=O) groups is 2. The number of carbonyl (C=O) groups excluding carboxylic acids is 2. The molecule has 0 bridgehead atoms. The van der Waals surface area contributed by atoms with Crippen LogP contribution in [0.2, 0.25) is 0 Å². The van der Waals surface area contributed by atoms with Crippen LogP contribution in [-0.2, 0) is 14.3 Å². The summed E-state index contributed by atoms with van der Waals surface area (Å²) in [6.45, 7) is 6.35. The number of nitrogens with one attached hydrogen (secondary N) is 1. The fraction of sp³-hybridized carbons (Fsp3) is 0.746. The van der Waals surface area contributed by atoms with Gasteiger partial charge in [0.1, 0.15) is 6.10 Å². The van der Waals surface area contributed by atoms with Gasteiger partial charge in [0.15, 0.2) is 0 Å². The smallest absolute Gasteiger partial charge is 0.306 e. The maximum atomic E-state index is 13.3. The Morgan fingerprint density at radius 3 is 1.25 bits per heavy atom. The lowest BCUT2D eigenvalue weighted by molar-refractivity contribution is -0.151. The molecule has 0 radical (unpaired) electrons. The second kappa shape index (κ2) is 56.0. The van der Waals surface area contributed by atoms with Gasteiger partial charge >= 0.3 is 5.97 Å². The highest BCUT2D eigenvalue weighted by atomic mass is 16.5. The lowest BCUT2D eigenvalue weighted by atomic mass is 10.0. The molecule has 0 saturated carbocycles.